The molecule has 1 rings (SSSR count). The van der Waals surface area contributed by atoms with Gasteiger partial charge in [-0.25, -0.2) is 4.98 Å². The highest BCUT2D eigenvalue weighted by atomic mass is 16.5. The summed E-state index contributed by atoms with van der Waals surface area (Å²) in [6, 6.07) is 3.66. The van der Waals surface area contributed by atoms with Crippen molar-refractivity contribution in [3.63, 3.8) is 0 Å². The molecule has 0 fully saturated rings. The quantitative estimate of drug-likeness (QED) is 0.690. The van der Waals surface area contributed by atoms with Crippen LogP contribution in [0, 0.1) is 0 Å². The molecule has 0 amide bonds. The van der Waals surface area contributed by atoms with Crippen LogP contribution in [0.15, 0.2) is 18.3 Å². The Bertz CT molecular complexity index is 325. The third kappa shape index (κ3) is 4.63. The lowest BCUT2D eigenvalue weighted by atomic mass is 10.2. The molecule has 88 valence electrons. The minimum Gasteiger partial charge on any atom is -0.481 e. The van der Waals surface area contributed by atoms with Crippen LogP contribution in [0.2, 0.25) is 0 Å². The molecule has 0 spiro atoms. The van der Waals surface area contributed by atoms with E-state index in [4.69, 9.17) is 9.84 Å². The zero-order valence-corrected chi connectivity index (χ0v) is 9.27. The number of aliphatic carboxylic acids is 1. The molecule has 0 atom stereocenters. The van der Waals surface area contributed by atoms with Gasteiger partial charge >= 0.3 is 5.97 Å². The number of pyridine rings is 1. The average Bonchev–Trinajstić information content (AvgIpc) is 2.29. The summed E-state index contributed by atoms with van der Waals surface area (Å²) in [6.07, 6.45) is 3.43. The Hall–Kier alpha value is -1.78. The van der Waals surface area contributed by atoms with E-state index in [1.165, 1.54) is 0 Å². The Morgan fingerprint density at radius 1 is 1.50 bits per heavy atom. The number of hydrogen-bond donors (Lipinski definition) is 2. The highest BCUT2D eigenvalue weighted by molar-refractivity contribution is 5.66. The van der Waals surface area contributed by atoms with Crippen molar-refractivity contribution in [2.24, 2.45) is 0 Å². The maximum Gasteiger partial charge on any atom is 0.303 e. The van der Waals surface area contributed by atoms with Crippen LogP contribution in [-0.4, -0.2) is 29.7 Å². The molecular weight excluding hydrogens is 208 g/mol. The Balaban J connectivity index is 2.19. The largest absolute Gasteiger partial charge is 0.481 e. The average molecular weight is 224 g/mol. The number of hydrogen-bond acceptors (Lipinski definition) is 4. The molecule has 0 unspecified atom stereocenters. The Kier molecular flexibility index (Phi) is 5.11. The van der Waals surface area contributed by atoms with E-state index in [1.54, 1.807) is 19.4 Å². The second-order valence-electron chi connectivity index (χ2n) is 3.37. The Morgan fingerprint density at radius 2 is 2.31 bits per heavy atom. The fraction of sp³-hybridized carbons (Fsp3) is 0.455. The molecule has 16 heavy (non-hydrogen) atoms. The zero-order chi connectivity index (χ0) is 11.8. The molecule has 2 N–H and O–H groups in total. The number of aromatic nitrogens is 1. The fourth-order valence-corrected chi connectivity index (χ4v) is 1.24. The predicted molar refractivity (Wildman–Crippen MR) is 60.8 cm³/mol. The second kappa shape index (κ2) is 6.66. The summed E-state index contributed by atoms with van der Waals surface area (Å²) in [4.78, 5) is 14.3. The van der Waals surface area contributed by atoms with Crippen molar-refractivity contribution in [1.82, 2.24) is 4.98 Å². The number of unbranched alkanes of at least 4 members (excludes halogenated alkanes) is 1. The standard InChI is InChI=1S/C11H16N2O3/c1-16-10-6-5-9(8-13-10)12-7-3-2-4-11(14)15/h5-6,8,12H,2-4,7H2,1H3,(H,14,15). The van der Waals surface area contributed by atoms with Crippen molar-refractivity contribution in [3.8, 4) is 5.88 Å². The van der Waals surface area contributed by atoms with Gasteiger partial charge in [0.2, 0.25) is 5.88 Å². The first kappa shape index (κ1) is 12.3. The number of carbonyl (C=O) groups is 1. The number of nitrogens with zero attached hydrogens (tertiary/aromatic N) is 1. The smallest absolute Gasteiger partial charge is 0.303 e. The number of methoxy groups -OCH3 is 1. The molecule has 0 aliphatic rings. The maximum atomic E-state index is 10.3. The number of rotatable bonds is 7. The van der Waals surface area contributed by atoms with Crippen LogP contribution in [-0.2, 0) is 4.79 Å². The number of carboxylic acid groups (broad SMARTS) is 1. The third-order valence-electron chi connectivity index (χ3n) is 2.09. The van der Waals surface area contributed by atoms with Gasteiger partial charge in [-0.15, -0.1) is 0 Å². The molecule has 1 heterocycles. The van der Waals surface area contributed by atoms with Gasteiger partial charge in [0.1, 0.15) is 0 Å². The number of carboxylic acids is 1. The van der Waals surface area contributed by atoms with Crippen molar-refractivity contribution in [3.05, 3.63) is 18.3 Å². The minimum absolute atomic E-state index is 0.225. The van der Waals surface area contributed by atoms with E-state index in [1.807, 2.05) is 6.07 Å². The SMILES string of the molecule is COc1ccc(NCCCCC(=O)O)cn1. The second-order valence-corrected chi connectivity index (χ2v) is 3.37. The normalized spacial score (nSPS) is 9.81. The van der Waals surface area contributed by atoms with Crippen molar-refractivity contribution >= 4 is 11.7 Å². The monoisotopic (exact) mass is 224 g/mol. The first-order chi connectivity index (χ1) is 7.72. The van der Waals surface area contributed by atoms with Crippen LogP contribution in [0.25, 0.3) is 0 Å². The van der Waals surface area contributed by atoms with E-state index < -0.39 is 5.97 Å². The molecule has 1 aromatic rings. The summed E-state index contributed by atoms with van der Waals surface area (Å²) >= 11 is 0. The molecule has 0 aliphatic heterocycles. The summed E-state index contributed by atoms with van der Waals surface area (Å²) < 4.78 is 4.93. The van der Waals surface area contributed by atoms with Crippen molar-refractivity contribution in [2.45, 2.75) is 19.3 Å². The lowest BCUT2D eigenvalue weighted by Gasteiger charge is -2.05. The Morgan fingerprint density at radius 3 is 2.88 bits per heavy atom. The molecule has 0 bridgehead atoms. The van der Waals surface area contributed by atoms with Crippen LogP contribution >= 0.6 is 0 Å². The van der Waals surface area contributed by atoms with E-state index in [9.17, 15) is 4.79 Å². The topological polar surface area (TPSA) is 71.5 Å². The van der Waals surface area contributed by atoms with E-state index in [-0.39, 0.29) is 6.42 Å². The van der Waals surface area contributed by atoms with E-state index in [0.29, 0.717) is 12.3 Å². The van der Waals surface area contributed by atoms with Crippen molar-refractivity contribution in [1.29, 1.82) is 0 Å². The van der Waals surface area contributed by atoms with Crippen molar-refractivity contribution < 1.29 is 14.6 Å². The molecule has 0 saturated heterocycles. The highest BCUT2D eigenvalue weighted by Crippen LogP contribution is 2.10. The highest BCUT2D eigenvalue weighted by Gasteiger charge is 1.97. The Labute approximate surface area is 94.5 Å². The molecular formula is C11H16N2O3. The first-order valence-electron chi connectivity index (χ1n) is 5.18. The minimum atomic E-state index is -0.744. The van der Waals surface area contributed by atoms with Crippen LogP contribution in [0.4, 0.5) is 5.69 Å². The predicted octanol–water partition coefficient (Wildman–Crippen LogP) is 1.76. The van der Waals surface area contributed by atoms with Gasteiger partial charge in [-0.3, -0.25) is 4.79 Å². The van der Waals surface area contributed by atoms with Crippen LogP contribution < -0.4 is 10.1 Å². The molecule has 0 aromatic carbocycles. The van der Waals surface area contributed by atoms with Gasteiger partial charge in [0, 0.05) is 19.0 Å². The summed E-state index contributed by atoms with van der Waals surface area (Å²) in [7, 11) is 1.57. The number of nitrogens with one attached hydrogen (secondary N) is 1. The molecule has 1 aromatic heterocycles. The first-order valence-corrected chi connectivity index (χ1v) is 5.18. The van der Waals surface area contributed by atoms with Gasteiger partial charge in [-0.05, 0) is 18.9 Å². The number of anilines is 1. The molecule has 0 aliphatic carbocycles. The number of ether oxygens (including phenoxy) is 1. The van der Waals surface area contributed by atoms with Gasteiger partial charge in [0.05, 0.1) is 19.0 Å². The van der Waals surface area contributed by atoms with Crippen molar-refractivity contribution in [2.75, 3.05) is 19.0 Å². The van der Waals surface area contributed by atoms with E-state index in [0.717, 1.165) is 18.7 Å². The van der Waals surface area contributed by atoms with Gasteiger partial charge in [-0.1, -0.05) is 0 Å². The van der Waals surface area contributed by atoms with E-state index in [2.05, 4.69) is 10.3 Å². The summed E-state index contributed by atoms with van der Waals surface area (Å²) in [5, 5.41) is 11.6. The summed E-state index contributed by atoms with van der Waals surface area (Å²) in [5.74, 6) is -0.164. The van der Waals surface area contributed by atoms with Gasteiger partial charge in [0.15, 0.2) is 0 Å². The summed E-state index contributed by atoms with van der Waals surface area (Å²) in [5.41, 5.74) is 0.913. The molecule has 0 radical (unpaired) electrons. The van der Waals surface area contributed by atoms with Crippen LogP contribution in [0.1, 0.15) is 19.3 Å². The molecule has 0 saturated carbocycles. The molecule has 5 nitrogen and oxygen atoms in total. The summed E-state index contributed by atoms with van der Waals surface area (Å²) in [6.45, 7) is 0.751. The van der Waals surface area contributed by atoms with Gasteiger partial charge in [0.25, 0.3) is 0 Å². The van der Waals surface area contributed by atoms with Gasteiger partial charge < -0.3 is 15.2 Å². The lowest BCUT2D eigenvalue weighted by molar-refractivity contribution is -0.137. The van der Waals surface area contributed by atoms with Gasteiger partial charge in [-0.2, -0.15) is 0 Å². The van der Waals surface area contributed by atoms with Crippen LogP contribution in [0.5, 0.6) is 5.88 Å². The maximum absolute atomic E-state index is 10.3. The fourth-order valence-electron chi connectivity index (χ4n) is 1.24. The van der Waals surface area contributed by atoms with E-state index >= 15 is 0 Å². The lowest BCUT2D eigenvalue weighted by Crippen LogP contribution is -2.03. The third-order valence-corrected chi connectivity index (χ3v) is 2.09. The van der Waals surface area contributed by atoms with Crippen LogP contribution in [0.3, 0.4) is 0 Å². The molecule has 5 heteroatoms. The zero-order valence-electron chi connectivity index (χ0n) is 9.27.